The fourth-order valence-electron chi connectivity index (χ4n) is 8.23. The van der Waals surface area contributed by atoms with Crippen LogP contribution >= 0.6 is 15.9 Å². The summed E-state index contributed by atoms with van der Waals surface area (Å²) in [5, 5.41) is 13.2. The van der Waals surface area contributed by atoms with Crippen molar-refractivity contribution in [2.75, 3.05) is 13.2 Å². The van der Waals surface area contributed by atoms with E-state index >= 15 is 0 Å². The van der Waals surface area contributed by atoms with Gasteiger partial charge in [-0.25, -0.2) is 0 Å². The van der Waals surface area contributed by atoms with Crippen LogP contribution in [0.15, 0.2) is 55.6 Å². The molecule has 0 aromatic heterocycles. The number of carbonyl (C=O) groups is 4. The van der Waals surface area contributed by atoms with Crippen LogP contribution in [-0.2, 0) is 28.7 Å². The van der Waals surface area contributed by atoms with E-state index in [1.807, 2.05) is 35.2 Å². The first kappa shape index (κ1) is 35.3. The lowest BCUT2D eigenvalue weighted by atomic mass is 9.70. The number of ether oxygens (including phenoxy) is 2. The number of fused-ring (bicyclic) bond motifs is 1. The first-order chi connectivity index (χ1) is 22.6. The minimum absolute atomic E-state index is 0.0139. The maximum atomic E-state index is 14.7. The van der Waals surface area contributed by atoms with Crippen LogP contribution in [0.5, 0.6) is 0 Å². The van der Waals surface area contributed by atoms with Gasteiger partial charge in [0, 0.05) is 23.8 Å². The molecule has 256 valence electrons. The standard InChI is InChI=1S/C36H48BrN3O7/c1-5-7-18-27(42)38-23(4)30(24-14-10-8-11-15-24)46-35(45)28-29-33(43)40(22(3)21-41)32(36(29)20-26(37)31(28)47-36)34(44)39(19-6-2)25-16-12-9-13-17-25/h5-6,8,10-11,14-15,22-23,25-26,28-32,41H,1-2,7,9,12-13,16-21H2,3-4H3,(H,38,42)/t22-,23+,26?,28+,29-,30+,31+,32+,36-/m1/s1. The van der Waals surface area contributed by atoms with Crippen LogP contribution in [0.25, 0.3) is 0 Å². The molecule has 1 spiro atoms. The molecule has 0 radical (unpaired) electrons. The van der Waals surface area contributed by atoms with Crippen LogP contribution < -0.4 is 5.32 Å². The van der Waals surface area contributed by atoms with Crippen LogP contribution in [0.2, 0.25) is 0 Å². The average molecular weight is 715 g/mol. The number of nitrogens with zero attached hydrogens (tertiary/aromatic N) is 2. The maximum Gasteiger partial charge on any atom is 0.313 e. The molecular weight excluding hydrogens is 666 g/mol. The highest BCUT2D eigenvalue weighted by molar-refractivity contribution is 9.09. The molecule has 1 aromatic rings. The highest BCUT2D eigenvalue weighted by Gasteiger charge is 2.77. The molecule has 4 aliphatic rings. The second-order valence-corrected chi connectivity index (χ2v) is 14.6. The summed E-state index contributed by atoms with van der Waals surface area (Å²) in [6.07, 6.45) is 7.87. The largest absolute Gasteiger partial charge is 0.455 e. The number of allylic oxidation sites excluding steroid dienone is 1. The number of aliphatic hydroxyl groups excluding tert-OH is 1. The Balaban J connectivity index is 1.48. The molecule has 1 aromatic carbocycles. The normalized spacial score (nSPS) is 30.3. The van der Waals surface area contributed by atoms with E-state index in [9.17, 15) is 24.3 Å². The van der Waals surface area contributed by atoms with E-state index in [0.717, 1.165) is 32.1 Å². The number of esters is 1. The number of amides is 3. The van der Waals surface area contributed by atoms with E-state index in [2.05, 4.69) is 34.4 Å². The minimum Gasteiger partial charge on any atom is -0.455 e. The van der Waals surface area contributed by atoms with Gasteiger partial charge in [-0.1, -0.05) is 77.7 Å². The Morgan fingerprint density at radius 1 is 1.17 bits per heavy atom. The number of alkyl halides is 1. The zero-order chi connectivity index (χ0) is 33.9. The summed E-state index contributed by atoms with van der Waals surface area (Å²) in [7, 11) is 0. The van der Waals surface area contributed by atoms with Crippen LogP contribution in [0, 0.1) is 11.8 Å². The van der Waals surface area contributed by atoms with Gasteiger partial charge in [-0.2, -0.15) is 0 Å². The molecule has 2 bridgehead atoms. The van der Waals surface area contributed by atoms with E-state index < -0.39 is 59.6 Å². The fourth-order valence-corrected chi connectivity index (χ4v) is 9.17. The van der Waals surface area contributed by atoms with E-state index in [4.69, 9.17) is 9.47 Å². The molecule has 3 amide bonds. The van der Waals surface area contributed by atoms with Crippen molar-refractivity contribution in [3.8, 4) is 0 Å². The van der Waals surface area contributed by atoms with E-state index in [1.54, 1.807) is 26.0 Å². The molecule has 1 saturated carbocycles. The van der Waals surface area contributed by atoms with E-state index in [0.29, 0.717) is 24.9 Å². The van der Waals surface area contributed by atoms with Crippen molar-refractivity contribution in [3.05, 3.63) is 61.2 Å². The lowest BCUT2D eigenvalue weighted by molar-refractivity contribution is -0.162. The maximum absolute atomic E-state index is 14.7. The monoisotopic (exact) mass is 713 g/mol. The second kappa shape index (κ2) is 15.0. The molecule has 3 heterocycles. The van der Waals surface area contributed by atoms with Crippen molar-refractivity contribution >= 4 is 39.6 Å². The van der Waals surface area contributed by atoms with Crippen LogP contribution in [0.4, 0.5) is 0 Å². The predicted molar refractivity (Wildman–Crippen MR) is 180 cm³/mol. The molecule has 3 aliphatic heterocycles. The van der Waals surface area contributed by atoms with Gasteiger partial charge in [0.15, 0.2) is 0 Å². The van der Waals surface area contributed by atoms with Crippen molar-refractivity contribution < 1.29 is 33.8 Å². The van der Waals surface area contributed by atoms with Gasteiger partial charge < -0.3 is 29.7 Å². The average Bonchev–Trinajstić information content (AvgIpc) is 3.68. The molecular formula is C36H48BrN3O7. The fraction of sp³-hybridized carbons (Fsp3) is 0.611. The topological polar surface area (TPSA) is 125 Å². The number of hydrogen-bond acceptors (Lipinski definition) is 7. The molecule has 1 unspecified atom stereocenters. The Kier molecular flexibility index (Phi) is 11.3. The van der Waals surface area contributed by atoms with Crippen LogP contribution in [0.1, 0.15) is 76.9 Å². The van der Waals surface area contributed by atoms with Crippen molar-refractivity contribution in [2.24, 2.45) is 11.8 Å². The minimum atomic E-state index is -1.28. The summed E-state index contributed by atoms with van der Waals surface area (Å²) in [5.74, 6) is -3.41. The highest BCUT2D eigenvalue weighted by atomic mass is 79.9. The number of carbonyl (C=O) groups excluding carboxylic acids is 4. The quantitative estimate of drug-likeness (QED) is 0.168. The Morgan fingerprint density at radius 2 is 1.87 bits per heavy atom. The SMILES string of the molecule is C=CCCC(=O)N[C@@H](C)[C@H](OC(=O)[C@@H]1[C@H]2O[C@@]3(CC2Br)[C@H](C(=O)N(CC=C)C2CCCCC2)N([C@H](C)CO)C(=O)[C@@H]13)c1ccccc1. The molecule has 11 heteroatoms. The number of nitrogens with one attached hydrogen (secondary N) is 1. The van der Waals surface area contributed by atoms with Crippen molar-refractivity contribution in [1.29, 1.82) is 0 Å². The second-order valence-electron chi connectivity index (χ2n) is 13.5. The number of likely N-dealkylation sites (tertiary alicyclic amines) is 1. The third kappa shape index (κ3) is 6.68. The Morgan fingerprint density at radius 3 is 2.51 bits per heavy atom. The predicted octanol–water partition coefficient (Wildman–Crippen LogP) is 4.22. The molecule has 3 saturated heterocycles. The summed E-state index contributed by atoms with van der Waals surface area (Å²) >= 11 is 3.73. The van der Waals surface area contributed by atoms with E-state index in [1.165, 1.54) is 4.90 Å². The zero-order valence-electron chi connectivity index (χ0n) is 27.4. The van der Waals surface area contributed by atoms with Crippen molar-refractivity contribution in [1.82, 2.24) is 15.1 Å². The Labute approximate surface area is 286 Å². The third-order valence-corrected chi connectivity index (χ3v) is 11.2. The summed E-state index contributed by atoms with van der Waals surface area (Å²) in [4.78, 5) is 59.1. The number of hydrogen-bond donors (Lipinski definition) is 2. The van der Waals surface area contributed by atoms with Gasteiger partial charge >= 0.3 is 5.97 Å². The van der Waals surface area contributed by atoms with Crippen molar-refractivity contribution in [2.45, 2.75) is 112 Å². The van der Waals surface area contributed by atoms with Crippen molar-refractivity contribution in [3.63, 3.8) is 0 Å². The zero-order valence-corrected chi connectivity index (χ0v) is 29.0. The van der Waals surface area contributed by atoms with Gasteiger partial charge in [0.2, 0.25) is 17.7 Å². The van der Waals surface area contributed by atoms with E-state index in [-0.39, 0.29) is 35.7 Å². The molecule has 1 aliphatic carbocycles. The molecule has 5 rings (SSSR count). The first-order valence-corrected chi connectivity index (χ1v) is 17.8. The molecule has 10 nitrogen and oxygen atoms in total. The van der Waals surface area contributed by atoms with Crippen LogP contribution in [0.3, 0.4) is 0 Å². The van der Waals surface area contributed by atoms with Gasteiger partial charge in [0.25, 0.3) is 0 Å². The smallest absolute Gasteiger partial charge is 0.313 e. The first-order valence-electron chi connectivity index (χ1n) is 16.9. The summed E-state index contributed by atoms with van der Waals surface area (Å²) in [5.41, 5.74) is -0.582. The van der Waals surface area contributed by atoms with Gasteiger partial charge in [-0.15, -0.1) is 13.2 Å². The lowest BCUT2D eigenvalue weighted by Crippen LogP contribution is -2.60. The lowest BCUT2D eigenvalue weighted by Gasteiger charge is -2.42. The number of rotatable bonds is 14. The summed E-state index contributed by atoms with van der Waals surface area (Å²) in [6, 6.07) is 6.93. The summed E-state index contributed by atoms with van der Waals surface area (Å²) in [6.45, 7) is 11.1. The van der Waals surface area contributed by atoms with Crippen LogP contribution in [-0.4, -0.2) is 92.4 Å². The molecule has 47 heavy (non-hydrogen) atoms. The molecule has 9 atom stereocenters. The summed E-state index contributed by atoms with van der Waals surface area (Å²) < 4.78 is 12.9. The molecule has 2 N–H and O–H groups in total. The van der Waals surface area contributed by atoms with Gasteiger partial charge in [-0.05, 0) is 45.1 Å². The third-order valence-electron chi connectivity index (χ3n) is 10.4. The number of aliphatic hydroxyl groups is 1. The molecule has 4 fully saturated rings. The van der Waals surface area contributed by atoms with Gasteiger partial charge in [0.1, 0.15) is 17.7 Å². The highest BCUT2D eigenvalue weighted by Crippen LogP contribution is 2.61. The number of benzene rings is 1. The van der Waals surface area contributed by atoms with Gasteiger partial charge in [0.05, 0.1) is 36.6 Å². The Hall–Kier alpha value is -3.02. The Bertz CT molecular complexity index is 1340. The van der Waals surface area contributed by atoms with Gasteiger partial charge in [-0.3, -0.25) is 19.2 Å². The number of halogens is 1.